The Morgan fingerprint density at radius 2 is 1.66 bits per heavy atom. The summed E-state index contributed by atoms with van der Waals surface area (Å²) in [4.78, 5) is 38.5. The molecule has 0 aromatic heterocycles. The van der Waals surface area contributed by atoms with E-state index in [-0.39, 0.29) is 70.7 Å². The number of ether oxygens (including phenoxy) is 2. The highest BCUT2D eigenvalue weighted by Crippen LogP contribution is 3.10. The van der Waals surface area contributed by atoms with E-state index >= 15 is 0 Å². The minimum Gasteiger partial charge on any atom is -0.469 e. The zero-order valence-corrected chi connectivity index (χ0v) is 16.4. The predicted octanol–water partition coefficient (Wildman–Crippen LogP) is 2.56. The molecule has 6 aliphatic carbocycles. The minimum absolute atomic E-state index is 0.00312. The van der Waals surface area contributed by atoms with Gasteiger partial charge in [-0.15, -0.1) is 0 Å². The molecule has 0 heterocycles. The first-order valence-electron chi connectivity index (χ1n) is 10.2. The van der Waals surface area contributed by atoms with Crippen molar-refractivity contribution in [3.63, 3.8) is 0 Å². The van der Waals surface area contributed by atoms with E-state index in [0.717, 1.165) is 0 Å². The van der Waals surface area contributed by atoms with Gasteiger partial charge < -0.3 is 9.47 Å². The maximum Gasteiger partial charge on any atom is 0.341 e. The quantitative estimate of drug-likeness (QED) is 0.320. The van der Waals surface area contributed by atoms with Gasteiger partial charge in [0.2, 0.25) is 0 Å². The van der Waals surface area contributed by atoms with Gasteiger partial charge in [-0.05, 0) is 72.6 Å². The van der Waals surface area contributed by atoms with E-state index in [1.165, 1.54) is 19.3 Å². The Morgan fingerprint density at radius 3 is 2.21 bits per heavy atom. The van der Waals surface area contributed by atoms with Gasteiger partial charge in [0, 0.05) is 5.41 Å². The minimum atomic E-state index is -0.655. The number of hydrogen-bond acceptors (Lipinski definition) is 5. The predicted molar refractivity (Wildman–Crippen MR) is 98.6 cm³/mol. The first-order chi connectivity index (χ1) is 13.9. The molecule has 0 radical (unpaired) electrons. The summed E-state index contributed by atoms with van der Waals surface area (Å²) in [6, 6.07) is 4.60. The zero-order valence-electron chi connectivity index (χ0n) is 16.4. The van der Waals surface area contributed by atoms with Crippen LogP contribution in [0.4, 0.5) is 4.39 Å². The van der Waals surface area contributed by atoms with Crippen molar-refractivity contribution in [1.29, 1.82) is 0 Å². The van der Waals surface area contributed by atoms with E-state index in [1.54, 1.807) is 26.0 Å². The summed E-state index contributed by atoms with van der Waals surface area (Å²) < 4.78 is 24.2. The number of ketones is 1. The van der Waals surface area contributed by atoms with Crippen LogP contribution in [0.1, 0.15) is 18.1 Å². The van der Waals surface area contributed by atoms with Crippen LogP contribution in [-0.2, 0) is 23.9 Å². The average molecular weight is 396 g/mol. The fourth-order valence-corrected chi connectivity index (χ4v) is 8.16. The van der Waals surface area contributed by atoms with Crippen molar-refractivity contribution in [1.82, 2.24) is 0 Å². The molecule has 29 heavy (non-hydrogen) atoms. The van der Waals surface area contributed by atoms with E-state index in [2.05, 4.69) is 0 Å². The van der Waals surface area contributed by atoms with Crippen LogP contribution in [0.5, 0.6) is 0 Å². The molecule has 6 heteroatoms. The van der Waals surface area contributed by atoms with Crippen LogP contribution in [0.2, 0.25) is 0 Å². The van der Waals surface area contributed by atoms with Crippen LogP contribution in [0.3, 0.4) is 0 Å². The topological polar surface area (TPSA) is 69.7 Å². The highest BCUT2D eigenvalue weighted by Gasteiger charge is 3.13. The molecule has 150 valence electrons. The molecule has 5 nitrogen and oxygen atoms in total. The maximum atomic E-state index is 14.0. The van der Waals surface area contributed by atoms with Crippen LogP contribution >= 0.6 is 0 Å². The van der Waals surface area contributed by atoms with Gasteiger partial charge in [0.25, 0.3) is 0 Å². The van der Waals surface area contributed by atoms with Crippen molar-refractivity contribution >= 4 is 23.8 Å². The average Bonchev–Trinajstić information content (AvgIpc) is 2.73. The first-order valence-corrected chi connectivity index (χ1v) is 10.2. The lowest BCUT2D eigenvalue weighted by atomic mass is 8.92. The number of benzene rings is 1. The lowest BCUT2D eigenvalue weighted by Crippen LogP contribution is -3.12. The Kier molecular flexibility index (Phi) is 2.98. The largest absolute Gasteiger partial charge is 0.469 e. The van der Waals surface area contributed by atoms with Gasteiger partial charge in [-0.2, -0.15) is 0 Å². The van der Waals surface area contributed by atoms with Gasteiger partial charge in [0.1, 0.15) is 11.4 Å². The van der Waals surface area contributed by atoms with Crippen molar-refractivity contribution in [3.05, 3.63) is 40.7 Å². The van der Waals surface area contributed by atoms with Gasteiger partial charge in [-0.3, -0.25) is 9.59 Å². The molecule has 0 atom stereocenters. The molecule has 6 fully saturated rings. The monoisotopic (exact) mass is 396 g/mol. The second-order valence-electron chi connectivity index (χ2n) is 9.07. The Bertz CT molecular complexity index is 1000. The summed E-state index contributed by atoms with van der Waals surface area (Å²) in [5.74, 6) is -0.0974. The molecule has 1 aromatic rings. The summed E-state index contributed by atoms with van der Waals surface area (Å²) in [6.45, 7) is 3.48. The summed E-state index contributed by atoms with van der Waals surface area (Å²) in [6.07, 6.45) is 1.48. The second kappa shape index (κ2) is 4.97. The SMILES string of the molecule is CCOC(=O)/C(=C\c1cccc(F)c1C)C(=O)C12C3C4C1C1C2C3C41C(=O)OC. The molecule has 0 saturated heterocycles. The fourth-order valence-electron chi connectivity index (χ4n) is 8.16. The van der Waals surface area contributed by atoms with Crippen LogP contribution < -0.4 is 0 Å². The number of hydrogen-bond donors (Lipinski definition) is 0. The summed E-state index contributed by atoms with van der Waals surface area (Å²) >= 11 is 0. The molecule has 0 aliphatic heterocycles. The number of methoxy groups -OCH3 is 1. The zero-order chi connectivity index (χ0) is 20.5. The van der Waals surface area contributed by atoms with Crippen molar-refractivity contribution in [2.45, 2.75) is 13.8 Å². The normalized spacial score (nSPS) is 43.5. The number of halogens is 1. The van der Waals surface area contributed by atoms with Gasteiger partial charge >= 0.3 is 11.9 Å². The summed E-state index contributed by atoms with van der Waals surface area (Å²) in [5.41, 5.74) is 0.0630. The Morgan fingerprint density at radius 1 is 1.07 bits per heavy atom. The number of carbonyl (C=O) groups is 3. The van der Waals surface area contributed by atoms with E-state index in [0.29, 0.717) is 11.1 Å². The van der Waals surface area contributed by atoms with Gasteiger partial charge in [0.05, 0.1) is 19.1 Å². The van der Waals surface area contributed by atoms with Crippen LogP contribution in [0.25, 0.3) is 6.08 Å². The van der Waals surface area contributed by atoms with E-state index in [4.69, 9.17) is 9.47 Å². The standard InChI is InChI=1S/C23H21FO5/c1-4-29-20(26)11(8-10-6-5-7-12(24)9(10)2)19(25)22-13-16-14(22)18-15(22)17(13)23(16,18)21(27)28-3/h5-8,13-18H,4H2,1-3H3/b11-8-. The van der Waals surface area contributed by atoms with E-state index in [1.807, 2.05) is 0 Å². The molecule has 7 rings (SSSR count). The third kappa shape index (κ3) is 1.39. The van der Waals surface area contributed by atoms with Crippen LogP contribution in [0, 0.1) is 59.1 Å². The number of Topliss-reactive ketones (excluding diaryl/α,β-unsaturated/α-hetero) is 1. The second-order valence-corrected chi connectivity index (χ2v) is 9.07. The third-order valence-electron chi connectivity index (χ3n) is 8.91. The van der Waals surface area contributed by atoms with Gasteiger partial charge in [-0.25, -0.2) is 9.18 Å². The lowest BCUT2D eigenvalue weighted by molar-refractivity contribution is -0.625. The number of rotatable bonds is 6. The van der Waals surface area contributed by atoms with E-state index in [9.17, 15) is 18.8 Å². The molecule has 1 aromatic carbocycles. The molecule has 0 amide bonds. The summed E-state index contributed by atoms with van der Waals surface area (Å²) in [7, 11) is 1.42. The highest BCUT2D eigenvalue weighted by atomic mass is 19.1. The Labute approximate surface area is 167 Å². The third-order valence-corrected chi connectivity index (χ3v) is 8.91. The van der Waals surface area contributed by atoms with Crippen LogP contribution in [0.15, 0.2) is 23.8 Å². The maximum absolute atomic E-state index is 14.0. The molecular formula is C23H21FO5. The number of esters is 2. The highest BCUT2D eigenvalue weighted by molar-refractivity contribution is 6.25. The van der Waals surface area contributed by atoms with Crippen molar-refractivity contribution in [2.75, 3.05) is 13.7 Å². The van der Waals surface area contributed by atoms with Crippen LogP contribution in [-0.4, -0.2) is 31.4 Å². The van der Waals surface area contributed by atoms with E-state index < -0.39 is 11.4 Å². The van der Waals surface area contributed by atoms with Crippen molar-refractivity contribution < 1.29 is 28.2 Å². The molecule has 6 saturated carbocycles. The smallest absolute Gasteiger partial charge is 0.341 e. The molecule has 6 aliphatic rings. The molecule has 0 N–H and O–H groups in total. The first kappa shape index (κ1) is 17.4. The van der Waals surface area contributed by atoms with Crippen molar-refractivity contribution in [2.24, 2.45) is 46.3 Å². The van der Waals surface area contributed by atoms with Gasteiger partial charge in [0.15, 0.2) is 5.78 Å². The molecule has 0 unspecified atom stereocenters. The van der Waals surface area contributed by atoms with Crippen molar-refractivity contribution in [3.8, 4) is 0 Å². The molecular weight excluding hydrogens is 375 g/mol. The molecule has 0 spiro atoms. The fraction of sp³-hybridized carbons (Fsp3) is 0.522. The summed E-state index contributed by atoms with van der Waals surface area (Å²) in [5, 5.41) is 0. The Balaban J connectivity index is 1.35. The number of carbonyl (C=O) groups excluding carboxylic acids is 3. The lowest BCUT2D eigenvalue weighted by Gasteiger charge is -3.09. The Hall–Kier alpha value is -2.50. The van der Waals surface area contributed by atoms with Gasteiger partial charge in [-0.1, -0.05) is 12.1 Å². The molecule has 0 bridgehead atoms.